The van der Waals surface area contributed by atoms with Crippen LogP contribution in [0.5, 0.6) is 0 Å². The number of nitrogens with zero attached hydrogens (tertiary/aromatic N) is 4. The molecule has 0 bridgehead atoms. The summed E-state index contributed by atoms with van der Waals surface area (Å²) in [5, 5.41) is 0. The van der Waals surface area contributed by atoms with Gasteiger partial charge >= 0.3 is 6.72 Å². The number of hydrogen-bond acceptors (Lipinski definition) is 9. The van der Waals surface area contributed by atoms with Crippen LogP contribution in [0, 0.1) is 5.92 Å². The maximum Gasteiger partial charge on any atom is 0.325 e. The van der Waals surface area contributed by atoms with E-state index < -0.39 is 25.2 Å². The molecule has 3 heterocycles. The molecule has 0 aliphatic carbocycles. The van der Waals surface area contributed by atoms with E-state index >= 15 is 0 Å². The molecule has 0 amide bonds. The smallest absolute Gasteiger partial charge is 0.325 e. The molecule has 2 unspecified atom stereocenters. The van der Waals surface area contributed by atoms with Gasteiger partial charge in [0.25, 0.3) is 0 Å². The lowest BCUT2D eigenvalue weighted by Crippen LogP contribution is -2.36. The molecule has 2 aromatic heterocycles. The Morgan fingerprint density at radius 2 is 2.03 bits per heavy atom. The quantitative estimate of drug-likeness (QED) is 0.585. The number of anilines is 1. The second-order valence-corrected chi connectivity index (χ2v) is 10.4. The fourth-order valence-electron chi connectivity index (χ4n) is 3.44. The van der Waals surface area contributed by atoms with Crippen molar-refractivity contribution >= 4 is 35.6 Å². The van der Waals surface area contributed by atoms with Gasteiger partial charge < -0.3 is 24.6 Å². The van der Waals surface area contributed by atoms with Gasteiger partial charge in [-0.25, -0.2) is 9.97 Å². The molecule has 0 saturated carbocycles. The highest BCUT2D eigenvalue weighted by molar-refractivity contribution is 8.07. The van der Waals surface area contributed by atoms with Crippen LogP contribution >= 0.6 is 6.72 Å². The molecule has 3 N–H and O–H groups in total. The van der Waals surface area contributed by atoms with E-state index in [1.165, 1.54) is 0 Å². The third kappa shape index (κ3) is 5.11. The molecule has 0 radical (unpaired) electrons. The van der Waals surface area contributed by atoms with Crippen molar-refractivity contribution in [3.05, 3.63) is 12.5 Å². The molecule has 5 atom stereocenters. The average Bonchev–Trinajstić information content (AvgIpc) is 3.13. The molecule has 10 nitrogen and oxygen atoms in total. The van der Waals surface area contributed by atoms with E-state index in [-0.39, 0.29) is 18.2 Å². The van der Waals surface area contributed by atoms with E-state index in [0.29, 0.717) is 23.5 Å². The van der Waals surface area contributed by atoms with Gasteiger partial charge in [-0.2, -0.15) is 4.98 Å². The molecule has 3 rings (SSSR count). The Labute approximate surface area is 175 Å². The normalized spacial score (nSPS) is 27.2. The minimum Gasteiger partial charge on any atom is -0.374 e. The predicted molar refractivity (Wildman–Crippen MR) is 111 cm³/mol. The first-order chi connectivity index (χ1) is 13.6. The first-order valence-corrected chi connectivity index (χ1v) is 12.0. The number of imidazole rings is 1. The van der Waals surface area contributed by atoms with Gasteiger partial charge in [0, 0.05) is 7.11 Å². The van der Waals surface area contributed by atoms with Gasteiger partial charge in [-0.05, 0) is 38.0 Å². The van der Waals surface area contributed by atoms with Crippen LogP contribution in [0.2, 0.25) is 0 Å². The van der Waals surface area contributed by atoms with E-state index in [1.807, 2.05) is 0 Å². The standard InChI is InChI=1S/C17H28N5O5PS/c1-9(2)6-12-13(27-28(23,29)26-10(3)4)14(24-5)16(25-12)22-8-20-11-7-19-17(18)21-15(11)22/h7-10,12-14,16H,6H2,1-5H3,(H,23,29)(H2,18,19,21)/t12-,13+,14?,16-,28?/m1/s1. The number of hydrogen-bond donors (Lipinski definition) is 2. The zero-order valence-corrected chi connectivity index (χ0v) is 18.8. The van der Waals surface area contributed by atoms with Crippen LogP contribution in [0.1, 0.15) is 40.3 Å². The van der Waals surface area contributed by atoms with Gasteiger partial charge in [0.15, 0.2) is 11.9 Å². The first kappa shape index (κ1) is 22.5. The summed E-state index contributed by atoms with van der Waals surface area (Å²) in [6.45, 7) is 4.25. The minimum absolute atomic E-state index is 0.133. The minimum atomic E-state index is -3.49. The average molecular weight is 445 g/mol. The van der Waals surface area contributed by atoms with Crippen molar-refractivity contribution in [2.24, 2.45) is 5.92 Å². The number of aromatic nitrogens is 4. The predicted octanol–water partition coefficient (Wildman–Crippen LogP) is 2.39. The third-order valence-corrected chi connectivity index (χ3v) is 6.18. The third-order valence-electron chi connectivity index (χ3n) is 4.47. The molecule has 2 aromatic rings. The van der Waals surface area contributed by atoms with Crippen molar-refractivity contribution in [2.75, 3.05) is 12.8 Å². The monoisotopic (exact) mass is 445 g/mol. The molecule has 162 valence electrons. The van der Waals surface area contributed by atoms with E-state index in [2.05, 4.69) is 28.8 Å². The van der Waals surface area contributed by atoms with Gasteiger partial charge in [-0.3, -0.25) is 9.09 Å². The Morgan fingerprint density at radius 3 is 2.66 bits per heavy atom. The summed E-state index contributed by atoms with van der Waals surface area (Å²) in [6, 6.07) is 0. The van der Waals surface area contributed by atoms with Gasteiger partial charge in [-0.1, -0.05) is 13.8 Å². The zero-order valence-electron chi connectivity index (χ0n) is 17.1. The molecule has 1 fully saturated rings. The Bertz CT molecular complexity index is 894. The van der Waals surface area contributed by atoms with E-state index in [4.69, 9.17) is 36.1 Å². The van der Waals surface area contributed by atoms with Crippen LogP contribution in [0.25, 0.3) is 11.2 Å². The van der Waals surface area contributed by atoms with Crippen LogP contribution in [0.4, 0.5) is 5.95 Å². The van der Waals surface area contributed by atoms with Crippen molar-refractivity contribution in [1.29, 1.82) is 0 Å². The molecule has 0 aromatic carbocycles. The highest BCUT2D eigenvalue weighted by Gasteiger charge is 2.49. The van der Waals surface area contributed by atoms with Gasteiger partial charge in [0.2, 0.25) is 5.95 Å². The summed E-state index contributed by atoms with van der Waals surface area (Å²) in [7, 11) is 1.56. The number of fused-ring (bicyclic) bond motifs is 1. The fraction of sp³-hybridized carbons (Fsp3) is 0.706. The fourth-order valence-corrected chi connectivity index (χ4v) is 5.40. The number of methoxy groups -OCH3 is 1. The van der Waals surface area contributed by atoms with E-state index in [9.17, 15) is 4.89 Å². The van der Waals surface area contributed by atoms with Crippen molar-refractivity contribution < 1.29 is 23.4 Å². The molecule has 1 saturated heterocycles. The van der Waals surface area contributed by atoms with Crippen LogP contribution in [0.3, 0.4) is 0 Å². The Kier molecular flexibility index (Phi) is 6.89. The lowest BCUT2D eigenvalue weighted by molar-refractivity contribution is -0.0518. The topological polar surface area (TPSA) is 127 Å². The van der Waals surface area contributed by atoms with E-state index in [0.717, 1.165) is 0 Å². The highest BCUT2D eigenvalue weighted by Crippen LogP contribution is 2.51. The number of rotatable bonds is 8. The number of nitrogen functional groups attached to an aromatic ring is 1. The summed E-state index contributed by atoms with van der Waals surface area (Å²) in [4.78, 5) is 23.1. The van der Waals surface area contributed by atoms with Crippen molar-refractivity contribution in [3.63, 3.8) is 0 Å². The van der Waals surface area contributed by atoms with Crippen LogP contribution in [-0.4, -0.2) is 55.9 Å². The van der Waals surface area contributed by atoms with Crippen molar-refractivity contribution in [3.8, 4) is 0 Å². The molecule has 12 heteroatoms. The van der Waals surface area contributed by atoms with E-state index in [1.54, 1.807) is 38.0 Å². The van der Waals surface area contributed by atoms with Gasteiger partial charge in [-0.15, -0.1) is 0 Å². The maximum atomic E-state index is 10.5. The molecule has 1 aliphatic heterocycles. The van der Waals surface area contributed by atoms with Gasteiger partial charge in [0.05, 0.1) is 24.7 Å². The number of ether oxygens (including phenoxy) is 2. The van der Waals surface area contributed by atoms with Crippen molar-refractivity contribution in [1.82, 2.24) is 19.5 Å². The highest BCUT2D eigenvalue weighted by atomic mass is 32.5. The Morgan fingerprint density at radius 1 is 1.31 bits per heavy atom. The van der Waals surface area contributed by atoms with Gasteiger partial charge in [0.1, 0.15) is 17.7 Å². The lowest BCUT2D eigenvalue weighted by atomic mass is 10.0. The van der Waals surface area contributed by atoms with Crippen LogP contribution < -0.4 is 5.73 Å². The Balaban J connectivity index is 1.96. The second kappa shape index (κ2) is 8.89. The molecule has 1 aliphatic rings. The summed E-state index contributed by atoms with van der Waals surface area (Å²) < 4.78 is 25.1. The van der Waals surface area contributed by atoms with Crippen LogP contribution in [-0.2, 0) is 30.3 Å². The lowest BCUT2D eigenvalue weighted by Gasteiger charge is -2.28. The molecule has 0 spiro atoms. The molecular weight excluding hydrogens is 417 g/mol. The summed E-state index contributed by atoms with van der Waals surface area (Å²) in [6.07, 6.45) is 1.40. The number of nitrogens with two attached hydrogens (primary N) is 1. The Hall–Kier alpha value is -1.20. The maximum absolute atomic E-state index is 10.5. The summed E-state index contributed by atoms with van der Waals surface area (Å²) in [5.41, 5.74) is 6.85. The zero-order chi connectivity index (χ0) is 21.3. The largest absolute Gasteiger partial charge is 0.374 e. The summed E-state index contributed by atoms with van der Waals surface area (Å²) in [5.74, 6) is 0.455. The second-order valence-electron chi connectivity index (χ2n) is 7.68. The first-order valence-electron chi connectivity index (χ1n) is 9.44. The molecule has 29 heavy (non-hydrogen) atoms. The summed E-state index contributed by atoms with van der Waals surface area (Å²) >= 11 is 5.21. The SMILES string of the molecule is COC1[C@@H](OP(O)(=S)OC(C)C)[C@@H](CC(C)C)O[C@H]1n1cnc2cnc(N)nc21. The van der Waals surface area contributed by atoms with Crippen LogP contribution in [0.15, 0.2) is 12.5 Å². The molecular formula is C17H28N5O5PS. The van der Waals surface area contributed by atoms with Crippen molar-refractivity contribution in [2.45, 2.75) is 64.8 Å².